The van der Waals surface area contributed by atoms with Crippen LogP contribution in [-0.4, -0.2) is 69.2 Å². The highest BCUT2D eigenvalue weighted by Crippen LogP contribution is 2.33. The molecule has 0 aromatic carbocycles. The van der Waals surface area contributed by atoms with Gasteiger partial charge in [-0.2, -0.15) is 13.2 Å². The lowest BCUT2D eigenvalue weighted by atomic mass is 9.95. The number of hydrogen-bond donors (Lipinski definition) is 0. The number of aromatic nitrogens is 3. The maximum Gasteiger partial charge on any atom is 0.393 e. The Kier molecular flexibility index (Phi) is 5.27. The fraction of sp³-hybridized carbons (Fsp3) is 0.632. The summed E-state index contributed by atoms with van der Waals surface area (Å²) in [5, 5.41) is 8.52. The number of hydrogen-bond acceptors (Lipinski definition) is 4. The van der Waals surface area contributed by atoms with Crippen LogP contribution < -0.4 is 0 Å². The van der Waals surface area contributed by atoms with E-state index in [9.17, 15) is 18.0 Å². The number of halogens is 3. The van der Waals surface area contributed by atoms with Gasteiger partial charge in [0.05, 0.1) is 12.5 Å². The van der Waals surface area contributed by atoms with Crippen molar-refractivity contribution in [3.05, 3.63) is 30.2 Å². The number of carbonyl (C=O) groups is 1. The highest BCUT2D eigenvalue weighted by Gasteiger charge is 2.42. The zero-order valence-electron chi connectivity index (χ0n) is 15.6. The molecule has 2 aromatic heterocycles. The van der Waals surface area contributed by atoms with Gasteiger partial charge < -0.3 is 4.90 Å². The van der Waals surface area contributed by atoms with E-state index in [4.69, 9.17) is 0 Å². The second kappa shape index (κ2) is 7.69. The van der Waals surface area contributed by atoms with Gasteiger partial charge in [0.1, 0.15) is 5.82 Å². The van der Waals surface area contributed by atoms with Crippen molar-refractivity contribution in [3.8, 4) is 0 Å². The summed E-state index contributed by atoms with van der Waals surface area (Å²) in [5.41, 5.74) is 0.819. The van der Waals surface area contributed by atoms with E-state index in [1.807, 2.05) is 33.7 Å². The first-order valence-electron chi connectivity index (χ1n) is 9.78. The molecule has 0 aliphatic carbocycles. The third-order valence-electron chi connectivity index (χ3n) is 5.89. The van der Waals surface area contributed by atoms with Gasteiger partial charge in [0.2, 0.25) is 5.91 Å². The first-order chi connectivity index (χ1) is 13.4. The van der Waals surface area contributed by atoms with Crippen LogP contribution in [0.5, 0.6) is 0 Å². The number of fused-ring (bicyclic) bond motifs is 1. The van der Waals surface area contributed by atoms with E-state index < -0.39 is 12.1 Å². The summed E-state index contributed by atoms with van der Waals surface area (Å²) in [4.78, 5) is 15.9. The summed E-state index contributed by atoms with van der Waals surface area (Å²) >= 11 is 0. The van der Waals surface area contributed by atoms with Crippen LogP contribution in [0.15, 0.2) is 24.4 Å². The number of piperidine rings is 2. The van der Waals surface area contributed by atoms with Crippen LogP contribution in [0.2, 0.25) is 0 Å². The summed E-state index contributed by atoms with van der Waals surface area (Å²) < 4.78 is 40.9. The van der Waals surface area contributed by atoms with Gasteiger partial charge in [0, 0.05) is 25.2 Å². The Bertz CT molecular complexity index is 828. The lowest BCUT2D eigenvalue weighted by molar-refractivity contribution is -0.188. The minimum Gasteiger partial charge on any atom is -0.341 e. The van der Waals surface area contributed by atoms with E-state index in [2.05, 4.69) is 10.2 Å². The topological polar surface area (TPSA) is 53.7 Å². The molecule has 1 amide bonds. The molecular formula is C19H24F3N5O. The van der Waals surface area contributed by atoms with Crippen LogP contribution in [0.1, 0.15) is 37.4 Å². The lowest BCUT2D eigenvalue weighted by Crippen LogP contribution is -2.49. The highest BCUT2D eigenvalue weighted by molar-refractivity contribution is 5.78. The minimum absolute atomic E-state index is 0.116. The van der Waals surface area contributed by atoms with E-state index >= 15 is 0 Å². The Hall–Kier alpha value is -2.16. The number of rotatable bonds is 3. The molecule has 9 heteroatoms. The Labute approximate surface area is 161 Å². The molecule has 0 saturated carbocycles. The van der Waals surface area contributed by atoms with Crippen molar-refractivity contribution in [2.45, 2.75) is 37.8 Å². The zero-order valence-corrected chi connectivity index (χ0v) is 15.6. The van der Waals surface area contributed by atoms with Crippen molar-refractivity contribution in [2.24, 2.45) is 5.92 Å². The molecule has 28 heavy (non-hydrogen) atoms. The molecule has 2 aliphatic heterocycles. The molecule has 0 N–H and O–H groups in total. The number of pyridine rings is 1. The van der Waals surface area contributed by atoms with Crippen molar-refractivity contribution in [1.82, 2.24) is 24.4 Å². The monoisotopic (exact) mass is 395 g/mol. The second-order valence-corrected chi connectivity index (χ2v) is 7.76. The second-order valence-electron chi connectivity index (χ2n) is 7.76. The molecule has 2 aliphatic rings. The average molecular weight is 395 g/mol. The Morgan fingerprint density at radius 2 is 1.89 bits per heavy atom. The first-order valence-corrected chi connectivity index (χ1v) is 9.78. The largest absolute Gasteiger partial charge is 0.393 e. The van der Waals surface area contributed by atoms with Crippen molar-refractivity contribution < 1.29 is 18.0 Å². The molecule has 1 atom stereocenters. The highest BCUT2D eigenvalue weighted by atomic mass is 19.4. The maximum atomic E-state index is 13.0. The summed E-state index contributed by atoms with van der Waals surface area (Å²) in [5.74, 6) is -0.378. The summed E-state index contributed by atoms with van der Waals surface area (Å²) in [6, 6.07) is 5.78. The molecule has 6 nitrogen and oxygen atoms in total. The predicted octanol–water partition coefficient (Wildman–Crippen LogP) is 2.71. The minimum atomic E-state index is -4.22. The van der Waals surface area contributed by atoms with Crippen molar-refractivity contribution in [1.29, 1.82) is 0 Å². The third kappa shape index (κ3) is 3.99. The molecule has 0 unspecified atom stereocenters. The number of nitrogens with zero attached hydrogens (tertiary/aromatic N) is 5. The van der Waals surface area contributed by atoms with Gasteiger partial charge in [-0.25, -0.2) is 0 Å². The first kappa shape index (κ1) is 19.2. The van der Waals surface area contributed by atoms with E-state index in [1.54, 1.807) is 0 Å². The number of likely N-dealkylation sites (tertiary alicyclic amines) is 2. The fourth-order valence-corrected chi connectivity index (χ4v) is 4.25. The smallest absolute Gasteiger partial charge is 0.341 e. The van der Waals surface area contributed by atoms with E-state index in [1.165, 1.54) is 4.90 Å². The fourth-order valence-electron chi connectivity index (χ4n) is 4.25. The van der Waals surface area contributed by atoms with Crippen LogP contribution in [-0.2, 0) is 4.79 Å². The third-order valence-corrected chi connectivity index (χ3v) is 5.89. The Morgan fingerprint density at radius 3 is 2.64 bits per heavy atom. The van der Waals surface area contributed by atoms with Crippen LogP contribution in [0.4, 0.5) is 13.2 Å². The van der Waals surface area contributed by atoms with Gasteiger partial charge in [-0.3, -0.25) is 14.1 Å². The normalized spacial score (nSPS) is 22.7. The molecule has 4 rings (SSSR count). The number of amides is 1. The molecule has 0 bridgehead atoms. The lowest BCUT2D eigenvalue weighted by Gasteiger charge is -2.36. The van der Waals surface area contributed by atoms with Crippen LogP contribution in [0, 0.1) is 5.92 Å². The molecule has 4 heterocycles. The van der Waals surface area contributed by atoms with E-state index in [-0.39, 0.29) is 31.3 Å². The number of alkyl halides is 3. The Balaban J connectivity index is 1.31. The van der Waals surface area contributed by atoms with Crippen LogP contribution >= 0.6 is 0 Å². The molecule has 2 fully saturated rings. The molecule has 152 valence electrons. The summed E-state index contributed by atoms with van der Waals surface area (Å²) in [7, 11) is 0. The number of carbonyl (C=O) groups excluding carboxylic acids is 1. The Morgan fingerprint density at radius 1 is 1.11 bits per heavy atom. The predicted molar refractivity (Wildman–Crippen MR) is 96.8 cm³/mol. The molecule has 2 saturated heterocycles. The molecule has 2 aromatic rings. The van der Waals surface area contributed by atoms with Gasteiger partial charge in [0.15, 0.2) is 5.65 Å². The molecular weight excluding hydrogens is 371 g/mol. The molecule has 0 radical (unpaired) electrons. The van der Waals surface area contributed by atoms with Gasteiger partial charge in [-0.15, -0.1) is 10.2 Å². The standard InChI is InChI=1S/C19H24F3N5O/c20-19(21,22)15-4-3-8-26(12-15)17(28)13-25-10-6-14(7-11-25)18-24-23-16-5-1-2-9-27(16)18/h1-2,5,9,14-15H,3-4,6-8,10-13H2/t15-/m1/s1. The van der Waals surface area contributed by atoms with Crippen molar-refractivity contribution in [2.75, 3.05) is 32.7 Å². The summed E-state index contributed by atoms with van der Waals surface area (Å²) in [6.45, 7) is 1.87. The van der Waals surface area contributed by atoms with Crippen molar-refractivity contribution in [3.63, 3.8) is 0 Å². The van der Waals surface area contributed by atoms with Crippen molar-refractivity contribution >= 4 is 11.6 Å². The van der Waals surface area contributed by atoms with Gasteiger partial charge in [0.25, 0.3) is 0 Å². The molecule has 0 spiro atoms. The zero-order chi connectivity index (χ0) is 19.7. The summed E-state index contributed by atoms with van der Waals surface area (Å²) in [6.07, 6.45) is -0.0302. The SMILES string of the molecule is O=C(CN1CCC(c2nnc3ccccn23)CC1)N1CCC[C@@H](C(F)(F)F)C1. The van der Waals surface area contributed by atoms with Gasteiger partial charge in [-0.1, -0.05) is 6.07 Å². The van der Waals surface area contributed by atoms with Gasteiger partial charge >= 0.3 is 6.18 Å². The average Bonchev–Trinajstić information content (AvgIpc) is 3.12. The van der Waals surface area contributed by atoms with E-state index in [0.717, 1.165) is 37.4 Å². The quantitative estimate of drug-likeness (QED) is 0.802. The van der Waals surface area contributed by atoms with Crippen LogP contribution in [0.3, 0.4) is 0 Å². The van der Waals surface area contributed by atoms with Gasteiger partial charge in [-0.05, 0) is 50.9 Å². The van der Waals surface area contributed by atoms with E-state index in [0.29, 0.717) is 13.0 Å². The van der Waals surface area contributed by atoms with Crippen LogP contribution in [0.25, 0.3) is 5.65 Å². The maximum absolute atomic E-state index is 13.0.